The summed E-state index contributed by atoms with van der Waals surface area (Å²) in [5.74, 6) is 0.165. The van der Waals surface area contributed by atoms with Crippen LogP contribution in [0.4, 0.5) is 5.69 Å². The Kier molecular flexibility index (Phi) is 6.52. The molecule has 0 aliphatic heterocycles. The maximum absolute atomic E-state index is 10.6. The molecule has 0 aliphatic carbocycles. The minimum absolute atomic E-state index is 0.0787. The van der Waals surface area contributed by atoms with Crippen molar-refractivity contribution in [3.05, 3.63) is 52.5 Å². The largest absolute Gasteiger partial charge is 0.550 e. The number of furan rings is 1. The Labute approximate surface area is 158 Å². The van der Waals surface area contributed by atoms with Gasteiger partial charge in [-0.15, -0.1) is 0 Å². The van der Waals surface area contributed by atoms with Crippen molar-refractivity contribution in [1.29, 1.82) is 0 Å². The monoisotopic (exact) mass is 372 g/mol. The number of anilines is 1. The summed E-state index contributed by atoms with van der Waals surface area (Å²) >= 11 is 5.29. The third kappa shape index (κ3) is 5.16. The molecular formula is C19H22N3O3S-. The van der Waals surface area contributed by atoms with Crippen LogP contribution < -0.4 is 15.8 Å². The summed E-state index contributed by atoms with van der Waals surface area (Å²) in [4.78, 5) is 10.6. The predicted octanol–water partition coefficient (Wildman–Crippen LogP) is 2.60. The first kappa shape index (κ1) is 19.7. The van der Waals surface area contributed by atoms with Gasteiger partial charge in [-0.1, -0.05) is 12.1 Å². The molecule has 1 aromatic carbocycles. The number of aryl methyl sites for hydroxylation is 3. The first-order valence-corrected chi connectivity index (χ1v) is 8.65. The first-order valence-electron chi connectivity index (χ1n) is 8.25. The second-order valence-electron chi connectivity index (χ2n) is 6.07. The molecule has 0 saturated heterocycles. The van der Waals surface area contributed by atoms with Gasteiger partial charge in [-0.05, 0) is 69.6 Å². The summed E-state index contributed by atoms with van der Waals surface area (Å²) in [6.45, 7) is 7.70. The molecule has 0 radical (unpaired) electrons. The second kappa shape index (κ2) is 8.62. The van der Waals surface area contributed by atoms with E-state index in [0.29, 0.717) is 22.3 Å². The quantitative estimate of drug-likeness (QED) is 0.460. The van der Waals surface area contributed by atoms with Crippen molar-refractivity contribution in [2.24, 2.45) is 5.10 Å². The SMILES string of the molecule is C/C(=N/NC(=S)Nc1cccc(C)c1C)c1cc(CCC(=O)[O-])oc1C. The lowest BCUT2D eigenvalue weighted by atomic mass is 10.1. The maximum atomic E-state index is 10.6. The van der Waals surface area contributed by atoms with Crippen LogP contribution in [0.5, 0.6) is 0 Å². The minimum Gasteiger partial charge on any atom is -0.550 e. The van der Waals surface area contributed by atoms with Crippen molar-refractivity contribution >= 4 is 34.7 Å². The summed E-state index contributed by atoms with van der Waals surface area (Å²) < 4.78 is 5.57. The maximum Gasteiger partial charge on any atom is 0.191 e. The number of aliphatic carboxylic acids is 1. The number of carboxylic acid groups (broad SMARTS) is 1. The molecule has 6 nitrogen and oxygen atoms in total. The van der Waals surface area contributed by atoms with Gasteiger partial charge >= 0.3 is 0 Å². The van der Waals surface area contributed by atoms with E-state index in [-0.39, 0.29) is 12.8 Å². The number of hydrazone groups is 1. The Morgan fingerprint density at radius 2 is 2.04 bits per heavy atom. The molecular weight excluding hydrogens is 350 g/mol. The Morgan fingerprint density at radius 1 is 1.31 bits per heavy atom. The van der Waals surface area contributed by atoms with Gasteiger partial charge in [0, 0.05) is 23.6 Å². The van der Waals surface area contributed by atoms with E-state index in [1.807, 2.05) is 45.9 Å². The van der Waals surface area contributed by atoms with Crippen LogP contribution in [0, 0.1) is 20.8 Å². The Balaban J connectivity index is 2.02. The minimum atomic E-state index is -1.10. The molecule has 0 amide bonds. The van der Waals surface area contributed by atoms with Crippen molar-refractivity contribution in [2.45, 2.75) is 40.5 Å². The number of hydrogen-bond donors (Lipinski definition) is 2. The van der Waals surface area contributed by atoms with E-state index in [9.17, 15) is 9.90 Å². The van der Waals surface area contributed by atoms with E-state index in [4.69, 9.17) is 16.6 Å². The number of nitrogens with zero attached hydrogens (tertiary/aromatic N) is 1. The van der Waals surface area contributed by atoms with Crippen molar-refractivity contribution in [2.75, 3.05) is 5.32 Å². The normalized spacial score (nSPS) is 11.3. The van der Waals surface area contributed by atoms with E-state index in [1.54, 1.807) is 6.07 Å². The van der Waals surface area contributed by atoms with Gasteiger partial charge in [0.2, 0.25) is 0 Å². The second-order valence-corrected chi connectivity index (χ2v) is 6.47. The van der Waals surface area contributed by atoms with Gasteiger partial charge in [-0.3, -0.25) is 5.43 Å². The summed E-state index contributed by atoms with van der Waals surface area (Å²) in [5.41, 5.74) is 7.55. The van der Waals surface area contributed by atoms with Gasteiger partial charge in [0.25, 0.3) is 0 Å². The van der Waals surface area contributed by atoms with Crippen LogP contribution in [-0.4, -0.2) is 16.8 Å². The van der Waals surface area contributed by atoms with Gasteiger partial charge in [0.1, 0.15) is 11.5 Å². The molecule has 2 aromatic rings. The van der Waals surface area contributed by atoms with Gasteiger partial charge < -0.3 is 19.6 Å². The molecule has 0 aliphatic rings. The zero-order valence-corrected chi connectivity index (χ0v) is 16.1. The topological polar surface area (TPSA) is 89.7 Å². The molecule has 0 unspecified atom stereocenters. The highest BCUT2D eigenvalue weighted by atomic mass is 32.1. The fourth-order valence-electron chi connectivity index (χ4n) is 2.48. The number of benzene rings is 1. The molecule has 0 fully saturated rings. The smallest absolute Gasteiger partial charge is 0.191 e. The molecule has 0 bridgehead atoms. The van der Waals surface area contributed by atoms with Crippen LogP contribution in [0.3, 0.4) is 0 Å². The lowest BCUT2D eigenvalue weighted by molar-refractivity contribution is -0.305. The summed E-state index contributed by atoms with van der Waals surface area (Å²) in [6.07, 6.45) is 0.209. The average molecular weight is 372 g/mol. The van der Waals surface area contributed by atoms with Gasteiger partial charge in [-0.2, -0.15) is 5.10 Å². The van der Waals surface area contributed by atoms with Gasteiger partial charge in [0.15, 0.2) is 5.11 Å². The number of rotatable bonds is 6. The van der Waals surface area contributed by atoms with Crippen LogP contribution in [0.1, 0.15) is 41.6 Å². The third-order valence-electron chi connectivity index (χ3n) is 4.11. The Hall–Kier alpha value is -2.67. The molecule has 1 heterocycles. The van der Waals surface area contributed by atoms with E-state index in [2.05, 4.69) is 15.8 Å². The highest BCUT2D eigenvalue weighted by molar-refractivity contribution is 7.80. The van der Waals surface area contributed by atoms with Crippen molar-refractivity contribution < 1.29 is 14.3 Å². The van der Waals surface area contributed by atoms with Gasteiger partial charge in [0.05, 0.1) is 5.71 Å². The molecule has 2 N–H and O–H groups in total. The standard InChI is InChI=1S/C19H23N3O3S/c1-11-6-5-7-17(12(11)2)20-19(26)22-21-13(3)16-10-15(25-14(16)4)8-9-18(23)24/h5-7,10H,8-9H2,1-4H3,(H,23,24)(H2,20,22,26)/p-1/b21-13-. The summed E-state index contributed by atoms with van der Waals surface area (Å²) in [5, 5.41) is 18.4. The number of hydrogen-bond acceptors (Lipinski definition) is 5. The fraction of sp³-hybridized carbons (Fsp3) is 0.316. The highest BCUT2D eigenvalue weighted by Crippen LogP contribution is 2.18. The number of carbonyl (C=O) groups excluding carboxylic acids is 1. The molecule has 0 saturated carbocycles. The van der Waals surface area contributed by atoms with Crippen LogP contribution in [0.2, 0.25) is 0 Å². The number of carbonyl (C=O) groups is 1. The number of carboxylic acids is 1. The van der Waals surface area contributed by atoms with E-state index < -0.39 is 5.97 Å². The number of nitrogens with one attached hydrogen (secondary N) is 2. The first-order chi connectivity index (χ1) is 12.3. The molecule has 0 spiro atoms. The molecule has 26 heavy (non-hydrogen) atoms. The van der Waals surface area contributed by atoms with Crippen molar-refractivity contribution in [1.82, 2.24) is 5.43 Å². The lowest BCUT2D eigenvalue weighted by Crippen LogP contribution is -2.25. The zero-order valence-electron chi connectivity index (χ0n) is 15.3. The Bertz CT molecular complexity index is 856. The van der Waals surface area contributed by atoms with Gasteiger partial charge in [-0.25, -0.2) is 0 Å². The molecule has 7 heteroatoms. The third-order valence-corrected chi connectivity index (χ3v) is 4.31. The van der Waals surface area contributed by atoms with Crippen molar-refractivity contribution in [3.63, 3.8) is 0 Å². The average Bonchev–Trinajstić information content (AvgIpc) is 2.96. The lowest BCUT2D eigenvalue weighted by Gasteiger charge is -2.12. The van der Waals surface area contributed by atoms with Crippen LogP contribution in [0.25, 0.3) is 0 Å². The molecule has 0 atom stereocenters. The van der Waals surface area contributed by atoms with E-state index in [1.165, 1.54) is 5.56 Å². The number of thiocarbonyl (C=S) groups is 1. The molecule has 1 aromatic heterocycles. The summed E-state index contributed by atoms with van der Waals surface area (Å²) in [6, 6.07) is 7.75. The van der Waals surface area contributed by atoms with Crippen LogP contribution in [0.15, 0.2) is 33.8 Å². The van der Waals surface area contributed by atoms with E-state index >= 15 is 0 Å². The van der Waals surface area contributed by atoms with Crippen LogP contribution >= 0.6 is 12.2 Å². The zero-order chi connectivity index (χ0) is 19.3. The molecule has 138 valence electrons. The summed E-state index contributed by atoms with van der Waals surface area (Å²) in [7, 11) is 0. The highest BCUT2D eigenvalue weighted by Gasteiger charge is 2.10. The Morgan fingerprint density at radius 3 is 2.73 bits per heavy atom. The predicted molar refractivity (Wildman–Crippen MR) is 104 cm³/mol. The fourth-order valence-corrected chi connectivity index (χ4v) is 2.64. The van der Waals surface area contributed by atoms with Crippen molar-refractivity contribution in [3.8, 4) is 0 Å². The van der Waals surface area contributed by atoms with E-state index in [0.717, 1.165) is 16.8 Å². The molecule has 2 rings (SSSR count). The van der Waals surface area contributed by atoms with Crippen LogP contribution in [-0.2, 0) is 11.2 Å².